The topological polar surface area (TPSA) is 52.3 Å². The number of hydrogen-bond acceptors (Lipinski definition) is 3. The molecule has 1 aliphatic rings. The van der Waals surface area contributed by atoms with Crippen LogP contribution >= 0.6 is 15.9 Å². The molecule has 3 nitrogen and oxygen atoms in total. The number of allylic oxidation sites excluding steroid dienone is 1. The molecule has 1 aliphatic carbocycles. The zero-order valence-electron chi connectivity index (χ0n) is 18.8. The molecule has 1 saturated carbocycles. The third-order valence-electron chi connectivity index (χ3n) is 4.95. The molecule has 0 heterocycles. The minimum absolute atomic E-state index is 0.0204. The molecule has 0 saturated heterocycles. The van der Waals surface area contributed by atoms with Gasteiger partial charge in [-0.2, -0.15) is 0 Å². The number of carbonyl (C=O) groups excluding carboxylic acids is 1. The molecule has 3 rings (SSSR count). The quantitative estimate of drug-likeness (QED) is 0.464. The summed E-state index contributed by atoms with van der Waals surface area (Å²) in [7, 11) is 1.61. The molecule has 0 radical (unpaired) electrons. The summed E-state index contributed by atoms with van der Waals surface area (Å²) in [5.74, 6) is 1.58. The van der Waals surface area contributed by atoms with E-state index in [9.17, 15) is 4.79 Å². The number of methoxy groups -OCH3 is 1. The van der Waals surface area contributed by atoms with E-state index in [1.165, 1.54) is 56.2 Å². The third kappa shape index (κ3) is 9.27. The van der Waals surface area contributed by atoms with Crippen LogP contribution in [0.2, 0.25) is 0 Å². The van der Waals surface area contributed by atoms with Crippen LogP contribution in [0.1, 0.15) is 75.5 Å². The highest BCUT2D eigenvalue weighted by atomic mass is 79.9. The summed E-state index contributed by atoms with van der Waals surface area (Å²) in [6.45, 7) is 6.18. The maximum atomic E-state index is 10.8. The molecule has 0 unspecified atom stereocenters. The van der Waals surface area contributed by atoms with Crippen molar-refractivity contribution in [3.8, 4) is 5.75 Å². The molecule has 164 valence electrons. The van der Waals surface area contributed by atoms with Gasteiger partial charge in [0.05, 0.1) is 7.11 Å². The first-order valence-electron chi connectivity index (χ1n) is 10.8. The van der Waals surface area contributed by atoms with Crippen LogP contribution in [0.4, 0.5) is 0 Å². The fourth-order valence-corrected chi connectivity index (χ4v) is 3.83. The second-order valence-corrected chi connectivity index (χ2v) is 8.03. The summed E-state index contributed by atoms with van der Waals surface area (Å²) in [6.07, 6.45) is 10.2. The maximum Gasteiger partial charge on any atom is 0.152 e. The van der Waals surface area contributed by atoms with Gasteiger partial charge in [-0.05, 0) is 67.2 Å². The van der Waals surface area contributed by atoms with Crippen LogP contribution in [0.25, 0.3) is 6.08 Å². The Labute approximate surface area is 190 Å². The third-order valence-corrected chi connectivity index (χ3v) is 5.45. The number of benzene rings is 2. The van der Waals surface area contributed by atoms with E-state index in [4.69, 9.17) is 10.5 Å². The summed E-state index contributed by atoms with van der Waals surface area (Å²) in [5.41, 5.74) is 9.31. The molecule has 30 heavy (non-hydrogen) atoms. The Balaban J connectivity index is 0.000000277. The number of ether oxygens (including phenoxy) is 1. The monoisotopic (exact) mass is 473 g/mol. The van der Waals surface area contributed by atoms with Crippen molar-refractivity contribution in [1.29, 1.82) is 0 Å². The van der Waals surface area contributed by atoms with Gasteiger partial charge in [-0.1, -0.05) is 73.3 Å². The van der Waals surface area contributed by atoms with Gasteiger partial charge >= 0.3 is 0 Å². The van der Waals surface area contributed by atoms with Gasteiger partial charge in [0.15, 0.2) is 5.78 Å². The summed E-state index contributed by atoms with van der Waals surface area (Å²) >= 11 is 3.36. The first-order chi connectivity index (χ1) is 14.5. The number of carbonyl (C=O) groups is 1. The van der Waals surface area contributed by atoms with Crippen molar-refractivity contribution in [2.24, 2.45) is 5.73 Å². The smallest absolute Gasteiger partial charge is 0.152 e. The highest BCUT2D eigenvalue weighted by Gasteiger charge is 2.15. The van der Waals surface area contributed by atoms with Crippen LogP contribution in [0, 0.1) is 0 Å². The van der Waals surface area contributed by atoms with Crippen LogP contribution < -0.4 is 10.5 Å². The molecule has 0 spiro atoms. The lowest BCUT2D eigenvalue weighted by molar-refractivity contribution is -0.112. The predicted molar refractivity (Wildman–Crippen MR) is 132 cm³/mol. The lowest BCUT2D eigenvalue weighted by Gasteiger charge is -2.22. The Morgan fingerprint density at radius 1 is 1.13 bits per heavy atom. The van der Waals surface area contributed by atoms with E-state index in [1.54, 1.807) is 13.2 Å². The van der Waals surface area contributed by atoms with E-state index in [-0.39, 0.29) is 5.78 Å². The second kappa shape index (κ2) is 15.0. The fourth-order valence-electron chi connectivity index (χ4n) is 3.45. The van der Waals surface area contributed by atoms with Crippen LogP contribution in [0.5, 0.6) is 5.75 Å². The minimum Gasteiger partial charge on any atom is -0.496 e. The van der Waals surface area contributed by atoms with E-state index >= 15 is 0 Å². The molecule has 0 aromatic heterocycles. The molecule has 2 aromatic rings. The van der Waals surface area contributed by atoms with Crippen molar-refractivity contribution in [3.05, 3.63) is 69.7 Å². The van der Waals surface area contributed by atoms with Gasteiger partial charge in [0.2, 0.25) is 0 Å². The maximum absolute atomic E-state index is 10.8. The van der Waals surface area contributed by atoms with Gasteiger partial charge in [0, 0.05) is 16.6 Å². The Morgan fingerprint density at radius 3 is 2.43 bits per heavy atom. The van der Waals surface area contributed by atoms with E-state index in [1.807, 2.05) is 32.0 Å². The normalized spacial score (nSPS) is 13.7. The lowest BCUT2D eigenvalue weighted by atomic mass is 9.84. The van der Waals surface area contributed by atoms with Crippen molar-refractivity contribution in [2.75, 3.05) is 7.11 Å². The molecular weight excluding hydrogens is 438 g/mol. The van der Waals surface area contributed by atoms with Gasteiger partial charge in [0.1, 0.15) is 5.75 Å². The molecule has 2 aromatic carbocycles. The lowest BCUT2D eigenvalue weighted by Crippen LogP contribution is -2.05. The van der Waals surface area contributed by atoms with Crippen molar-refractivity contribution < 1.29 is 9.53 Å². The van der Waals surface area contributed by atoms with Crippen molar-refractivity contribution in [3.63, 3.8) is 0 Å². The molecule has 0 atom stereocenters. The molecule has 0 amide bonds. The van der Waals surface area contributed by atoms with E-state index in [0.717, 1.165) is 21.7 Å². The van der Waals surface area contributed by atoms with E-state index < -0.39 is 0 Å². The molecule has 4 heteroatoms. The summed E-state index contributed by atoms with van der Waals surface area (Å²) in [4.78, 5) is 10.8. The van der Waals surface area contributed by atoms with Gasteiger partial charge in [-0.15, -0.1) is 0 Å². The van der Waals surface area contributed by atoms with Gasteiger partial charge in [-0.25, -0.2) is 0 Å². The van der Waals surface area contributed by atoms with Crippen LogP contribution in [-0.4, -0.2) is 12.9 Å². The van der Waals surface area contributed by atoms with Crippen molar-refractivity contribution >= 4 is 27.8 Å². The van der Waals surface area contributed by atoms with Crippen LogP contribution in [0.3, 0.4) is 0 Å². The zero-order valence-corrected chi connectivity index (χ0v) is 20.4. The molecule has 0 bridgehead atoms. The SMILES string of the molecule is CC.COc1ccc(Br)cc1/C=C/C(C)=O.NCc1cccc(C2CCCCC2)c1. The van der Waals surface area contributed by atoms with Crippen LogP contribution in [-0.2, 0) is 11.3 Å². The largest absolute Gasteiger partial charge is 0.496 e. The predicted octanol–water partition coefficient (Wildman–Crippen LogP) is 7.28. The molecular formula is C26H36BrNO2. The summed E-state index contributed by atoms with van der Waals surface area (Å²) in [6, 6.07) is 14.5. The Morgan fingerprint density at radius 2 is 1.83 bits per heavy atom. The number of nitrogens with two attached hydrogens (primary N) is 1. The first-order valence-corrected chi connectivity index (χ1v) is 11.6. The Kier molecular flexibility index (Phi) is 13.0. The highest BCUT2D eigenvalue weighted by Crippen LogP contribution is 2.32. The fraction of sp³-hybridized carbons (Fsp3) is 0.423. The number of halogens is 1. The zero-order chi connectivity index (χ0) is 22.4. The average molecular weight is 474 g/mol. The minimum atomic E-state index is 0.0204. The number of hydrogen-bond donors (Lipinski definition) is 1. The molecule has 0 aliphatic heterocycles. The van der Waals surface area contributed by atoms with Gasteiger partial charge in [-0.3, -0.25) is 4.79 Å². The average Bonchev–Trinajstić information content (AvgIpc) is 2.80. The first kappa shape index (κ1) is 26.1. The Hall–Kier alpha value is -1.91. The molecule has 2 N–H and O–H groups in total. The van der Waals surface area contributed by atoms with Crippen molar-refractivity contribution in [1.82, 2.24) is 0 Å². The van der Waals surface area contributed by atoms with Crippen molar-refractivity contribution in [2.45, 2.75) is 65.3 Å². The second-order valence-electron chi connectivity index (χ2n) is 7.11. The van der Waals surface area contributed by atoms with Crippen LogP contribution in [0.15, 0.2) is 53.0 Å². The standard InChI is InChI=1S/C13H19N.C11H11BrO2.C2H6/c14-10-11-5-4-8-13(9-11)12-6-2-1-3-7-12;1-8(13)3-4-9-7-10(12)5-6-11(9)14-2;1-2/h4-5,8-9,12H,1-3,6-7,10,14H2;3-7H,1-2H3;1-2H3/b;4-3+;. The van der Waals surface area contributed by atoms with E-state index in [0.29, 0.717) is 6.54 Å². The molecule has 1 fully saturated rings. The van der Waals surface area contributed by atoms with Gasteiger partial charge < -0.3 is 10.5 Å². The number of rotatable bonds is 5. The number of ketones is 1. The van der Waals surface area contributed by atoms with Gasteiger partial charge in [0.25, 0.3) is 0 Å². The summed E-state index contributed by atoms with van der Waals surface area (Å²) in [5, 5.41) is 0. The summed E-state index contributed by atoms with van der Waals surface area (Å²) < 4.78 is 6.11. The highest BCUT2D eigenvalue weighted by molar-refractivity contribution is 9.10. The van der Waals surface area contributed by atoms with E-state index in [2.05, 4.69) is 40.2 Å². The Bertz CT molecular complexity index is 795.